The van der Waals surface area contributed by atoms with Crippen LogP contribution < -0.4 is 37.9 Å². The molecule has 0 saturated carbocycles. The van der Waals surface area contributed by atoms with Gasteiger partial charge in [-0.1, -0.05) is 252 Å². The summed E-state index contributed by atoms with van der Waals surface area (Å²) in [6.07, 6.45) is 4.43. The van der Waals surface area contributed by atoms with Crippen molar-refractivity contribution in [2.75, 3.05) is 42.7 Å². The van der Waals surface area contributed by atoms with Crippen LogP contribution in [0.4, 0.5) is 0 Å². The molecule has 0 N–H and O–H groups in total. The third kappa shape index (κ3) is 16.1. The summed E-state index contributed by atoms with van der Waals surface area (Å²) in [5.41, 5.74) is 25.5. The van der Waals surface area contributed by atoms with Gasteiger partial charge in [-0.15, -0.1) is 0 Å². The third-order valence-corrected chi connectivity index (χ3v) is 21.0. The van der Waals surface area contributed by atoms with Crippen molar-refractivity contribution in [1.29, 1.82) is 0 Å². The molecular formula is C94H114O8. The topological polar surface area (TPSA) is 73.8 Å². The molecule has 9 aromatic carbocycles. The first kappa shape index (κ1) is 74.6. The molecule has 0 aromatic heterocycles. The van der Waals surface area contributed by atoms with Crippen LogP contribution in [0.3, 0.4) is 0 Å². The Bertz CT molecular complexity index is 4070. The maximum atomic E-state index is 7.50. The fourth-order valence-corrected chi connectivity index (χ4v) is 15.2. The minimum Gasteiger partial charge on any atom is -0.496 e. The minimum absolute atomic E-state index is 0.198. The molecule has 0 saturated heterocycles. The van der Waals surface area contributed by atoms with Gasteiger partial charge in [-0.2, -0.15) is 0 Å². The predicted octanol–water partition coefficient (Wildman–Crippen LogP) is 22.0. The Morgan fingerprint density at radius 2 is 0.373 bits per heavy atom. The van der Waals surface area contributed by atoms with Crippen molar-refractivity contribution in [3.05, 3.63) is 267 Å². The second-order valence-corrected chi connectivity index (χ2v) is 35.1. The quantitative estimate of drug-likeness (QED) is 0.163. The van der Waals surface area contributed by atoms with E-state index in [1.54, 1.807) is 0 Å². The summed E-state index contributed by atoms with van der Waals surface area (Å²) in [4.78, 5) is 0. The average Bonchev–Trinajstić information content (AvgIpc) is 0.775. The molecule has 0 spiro atoms. The molecule has 0 amide bonds. The minimum atomic E-state index is -0.207. The van der Waals surface area contributed by atoms with Gasteiger partial charge >= 0.3 is 0 Å². The Morgan fingerprint density at radius 3 is 0.529 bits per heavy atom. The van der Waals surface area contributed by atoms with Crippen LogP contribution in [0.1, 0.15) is 258 Å². The Morgan fingerprint density at radius 1 is 0.216 bits per heavy atom. The van der Waals surface area contributed by atoms with E-state index in [2.05, 4.69) is 258 Å². The molecule has 2 aliphatic rings. The van der Waals surface area contributed by atoms with Crippen LogP contribution in [0.2, 0.25) is 0 Å². The highest BCUT2D eigenvalue weighted by Crippen LogP contribution is 2.47. The number of rotatable bonds is 6. The Labute approximate surface area is 611 Å². The molecule has 2 heterocycles. The van der Waals surface area contributed by atoms with Crippen molar-refractivity contribution in [2.24, 2.45) is 0 Å². The van der Waals surface area contributed by atoms with Gasteiger partial charge in [0.15, 0.2) is 0 Å². The van der Waals surface area contributed by atoms with Crippen LogP contribution in [0.15, 0.2) is 133 Å². The zero-order chi connectivity index (χ0) is 73.8. The fraction of sp³-hybridized carbons (Fsp3) is 0.426. The third-order valence-electron chi connectivity index (χ3n) is 21.0. The van der Waals surface area contributed by atoms with E-state index < -0.39 is 0 Å². The van der Waals surface area contributed by atoms with Crippen LogP contribution in [0, 0.1) is 0 Å². The molecule has 9 aromatic rings. The van der Waals surface area contributed by atoms with Crippen molar-refractivity contribution in [3.8, 4) is 46.0 Å². The lowest BCUT2D eigenvalue weighted by Crippen LogP contribution is -2.16. The van der Waals surface area contributed by atoms with E-state index in [-0.39, 0.29) is 32.5 Å². The van der Waals surface area contributed by atoms with Crippen molar-refractivity contribution in [3.63, 3.8) is 0 Å². The van der Waals surface area contributed by atoms with Gasteiger partial charge in [-0.05, 0) is 172 Å². The summed E-state index contributed by atoms with van der Waals surface area (Å²) in [5, 5.41) is 0. The van der Waals surface area contributed by atoms with Crippen LogP contribution in [0.25, 0.3) is 0 Å². The lowest BCUT2D eigenvalue weighted by atomic mass is 9.80. The summed E-state index contributed by atoms with van der Waals surface area (Å²) in [5.74, 6) is 6.80. The van der Waals surface area contributed by atoms with Gasteiger partial charge in [0, 0.05) is 51.4 Å². The molecule has 11 rings (SSSR count). The number of ether oxygens (including phenoxy) is 8. The molecular weight excluding hydrogens is 1260 g/mol. The van der Waals surface area contributed by atoms with Gasteiger partial charge in [-0.3, -0.25) is 0 Å². The SMILES string of the molecule is COc1c2cc(C(C)(C)C)cc1Cc1cc(C(C)(C)C)cc(c1OC)Cc1cccc3c1OCc1cccc(c1)COc1c(cccc1Cc1cc(C(C)(C)C)cc(c1OC)Cc1cc(C(C)(C)C)cc(c1OC)Cc1cc(C(C)(C)C)cc(c1OC)C3)Cc1cc(C(C)(C)C)cc(c1OC)C2. The second-order valence-electron chi connectivity index (χ2n) is 35.1. The number of fused-ring (bicyclic) bond motifs is 14. The van der Waals surface area contributed by atoms with Crippen LogP contribution in [-0.2, 0) is 97.1 Å². The molecule has 538 valence electrons. The first-order valence-electron chi connectivity index (χ1n) is 36.8. The summed E-state index contributed by atoms with van der Waals surface area (Å²) in [6, 6.07) is 50.5. The highest BCUT2D eigenvalue weighted by Gasteiger charge is 2.32. The Hall–Kier alpha value is -8.62. The zero-order valence-electron chi connectivity index (χ0n) is 66.0. The predicted molar refractivity (Wildman–Crippen MR) is 421 cm³/mol. The number of para-hydroxylation sites is 2. The first-order chi connectivity index (χ1) is 48.0. The maximum Gasteiger partial charge on any atom is 0.126 e. The van der Waals surface area contributed by atoms with E-state index in [9.17, 15) is 0 Å². The van der Waals surface area contributed by atoms with Crippen LogP contribution in [-0.4, -0.2) is 42.7 Å². The largest absolute Gasteiger partial charge is 0.496 e. The van der Waals surface area contributed by atoms with Gasteiger partial charge in [0.1, 0.15) is 59.2 Å². The van der Waals surface area contributed by atoms with E-state index in [0.29, 0.717) is 64.6 Å². The normalized spacial score (nSPS) is 14.0. The highest BCUT2D eigenvalue weighted by atomic mass is 16.5. The number of hydrogen-bond donors (Lipinski definition) is 0. The summed E-state index contributed by atoms with van der Waals surface area (Å²) >= 11 is 0. The van der Waals surface area contributed by atoms with Gasteiger partial charge in [0.05, 0.1) is 42.7 Å². The second kappa shape index (κ2) is 28.9. The standard InChI is InChI=1S/C94H114O8/c1-89(2,3)75-43-63-35-59-30-26-31-60-36-64-44-76(90(4,5)6)49-69(82(64)96-20)41-73-53-80(94(16,17)18)54-74(86(73)100-24)42-70-50-78(92(10,11)12)46-66(84(70)98-22)38-62-33-27-32-61(88(62)102-56-58-29-25-28-57(34-58)55-101-87(59)60)37-65-45-77(91(7,8)9)48-68(83(65)97-21)40-72-52-79(93(13,14)15)51-71(85(72)99-23)39-67(47-75)81(63)95-19/h25-34,43-54H,35-42,55-56H2,1-24H3. The number of hydrogen-bond acceptors (Lipinski definition) is 8. The molecule has 8 heteroatoms. The van der Waals surface area contributed by atoms with Gasteiger partial charge < -0.3 is 37.9 Å². The Kier molecular flexibility index (Phi) is 21.1. The van der Waals surface area contributed by atoms with E-state index in [1.165, 1.54) is 33.4 Å². The molecule has 102 heavy (non-hydrogen) atoms. The van der Waals surface area contributed by atoms with Crippen LogP contribution in [0.5, 0.6) is 46.0 Å². The van der Waals surface area contributed by atoms with E-state index in [0.717, 1.165) is 146 Å². The number of methoxy groups -OCH3 is 6. The molecule has 0 fully saturated rings. The summed E-state index contributed by atoms with van der Waals surface area (Å²) in [6.45, 7) is 42.1. The molecule has 16 bridgehead atoms. The van der Waals surface area contributed by atoms with Crippen molar-refractivity contribution >= 4 is 0 Å². The first-order valence-corrected chi connectivity index (χ1v) is 36.8. The molecule has 0 unspecified atom stereocenters. The fourth-order valence-electron chi connectivity index (χ4n) is 15.2. The van der Waals surface area contributed by atoms with Crippen molar-refractivity contribution in [2.45, 2.75) is 222 Å². The molecule has 8 nitrogen and oxygen atoms in total. The lowest BCUT2D eigenvalue weighted by molar-refractivity contribution is 0.294. The average molecular weight is 1370 g/mol. The van der Waals surface area contributed by atoms with Gasteiger partial charge in [0.25, 0.3) is 0 Å². The van der Waals surface area contributed by atoms with E-state index in [1.807, 2.05) is 42.7 Å². The molecule has 0 atom stereocenters. The van der Waals surface area contributed by atoms with E-state index in [4.69, 9.17) is 37.9 Å². The van der Waals surface area contributed by atoms with Crippen molar-refractivity contribution in [1.82, 2.24) is 0 Å². The molecule has 0 radical (unpaired) electrons. The lowest BCUT2D eigenvalue weighted by Gasteiger charge is -2.28. The van der Waals surface area contributed by atoms with Gasteiger partial charge in [0.2, 0.25) is 0 Å². The van der Waals surface area contributed by atoms with Gasteiger partial charge in [-0.25, -0.2) is 0 Å². The monoisotopic (exact) mass is 1370 g/mol. The summed E-state index contributed by atoms with van der Waals surface area (Å²) in [7, 11) is 11.0. The Balaban J connectivity index is 1.26. The van der Waals surface area contributed by atoms with E-state index >= 15 is 0 Å². The smallest absolute Gasteiger partial charge is 0.126 e. The number of benzene rings is 9. The molecule has 2 aliphatic heterocycles. The maximum absolute atomic E-state index is 7.50. The molecule has 0 aliphatic carbocycles. The zero-order valence-corrected chi connectivity index (χ0v) is 66.0. The van der Waals surface area contributed by atoms with Crippen molar-refractivity contribution < 1.29 is 37.9 Å². The summed E-state index contributed by atoms with van der Waals surface area (Å²) < 4.78 is 55.5. The highest BCUT2D eigenvalue weighted by molar-refractivity contribution is 5.62. The van der Waals surface area contributed by atoms with Crippen LogP contribution >= 0.6 is 0 Å².